The van der Waals surface area contributed by atoms with Gasteiger partial charge < -0.3 is 14.0 Å². The molecule has 0 aliphatic carbocycles. The number of halogens is 1. The van der Waals surface area contributed by atoms with E-state index < -0.39 is 0 Å². The smallest absolute Gasteiger partial charge is 0.231 e. The Morgan fingerprint density at radius 1 is 1.24 bits per heavy atom. The molecule has 3 heterocycles. The number of rotatable bonds is 5. The average molecular weight is 375 g/mol. The maximum Gasteiger partial charge on any atom is 0.231 e. The van der Waals surface area contributed by atoms with Crippen LogP contribution in [0.15, 0.2) is 41.8 Å². The zero-order chi connectivity index (χ0) is 17.2. The normalized spacial score (nSPS) is 12.6. The van der Waals surface area contributed by atoms with Gasteiger partial charge in [0.05, 0.1) is 0 Å². The number of hydrogen-bond donors (Lipinski definition) is 0. The molecule has 0 saturated carbocycles. The molecule has 0 fully saturated rings. The number of hydrogen-bond acceptors (Lipinski definition) is 6. The molecule has 128 valence electrons. The van der Waals surface area contributed by atoms with E-state index in [9.17, 15) is 0 Å². The van der Waals surface area contributed by atoms with E-state index in [0.29, 0.717) is 16.5 Å². The van der Waals surface area contributed by atoms with Crippen molar-refractivity contribution in [1.82, 2.24) is 19.7 Å². The van der Waals surface area contributed by atoms with Gasteiger partial charge in [0.1, 0.15) is 0 Å². The van der Waals surface area contributed by atoms with E-state index in [4.69, 9.17) is 21.1 Å². The number of fused-ring (bicyclic) bond motifs is 1. The Morgan fingerprint density at radius 2 is 2.08 bits per heavy atom. The standard InChI is InChI=1S/C17H15ClN4O2S/c1-2-22-16(11-4-3-5-19-8-11)20-21-17(22)25-9-12-6-14-15(7-13(12)18)24-10-23-14/h3-8H,2,9-10H2,1H3. The summed E-state index contributed by atoms with van der Waals surface area (Å²) < 4.78 is 12.8. The fourth-order valence-electron chi connectivity index (χ4n) is 2.60. The molecule has 0 N–H and O–H groups in total. The molecular weight excluding hydrogens is 360 g/mol. The summed E-state index contributed by atoms with van der Waals surface area (Å²) in [6.07, 6.45) is 3.53. The summed E-state index contributed by atoms with van der Waals surface area (Å²) in [5.41, 5.74) is 1.93. The third-order valence-electron chi connectivity index (χ3n) is 3.85. The first-order valence-corrected chi connectivity index (χ1v) is 9.17. The number of benzene rings is 1. The molecule has 0 atom stereocenters. The Kier molecular flexibility index (Phi) is 4.50. The second-order valence-corrected chi connectivity index (χ2v) is 6.73. The maximum atomic E-state index is 6.35. The highest BCUT2D eigenvalue weighted by atomic mass is 35.5. The fourth-order valence-corrected chi connectivity index (χ4v) is 3.89. The van der Waals surface area contributed by atoms with E-state index in [2.05, 4.69) is 26.7 Å². The van der Waals surface area contributed by atoms with Crippen LogP contribution in [0.3, 0.4) is 0 Å². The Balaban J connectivity index is 1.57. The maximum absolute atomic E-state index is 6.35. The van der Waals surface area contributed by atoms with Crippen molar-refractivity contribution in [2.75, 3.05) is 6.79 Å². The van der Waals surface area contributed by atoms with Crippen LogP contribution in [0.1, 0.15) is 12.5 Å². The molecule has 1 aromatic carbocycles. The molecule has 1 aliphatic heterocycles. The summed E-state index contributed by atoms with van der Waals surface area (Å²) in [6, 6.07) is 7.59. The van der Waals surface area contributed by atoms with Gasteiger partial charge in [-0.05, 0) is 30.7 Å². The summed E-state index contributed by atoms with van der Waals surface area (Å²) in [6.45, 7) is 3.08. The molecule has 0 saturated heterocycles. The molecule has 6 nitrogen and oxygen atoms in total. The molecule has 25 heavy (non-hydrogen) atoms. The number of aromatic nitrogens is 4. The molecule has 2 aromatic heterocycles. The molecule has 0 radical (unpaired) electrons. The minimum absolute atomic E-state index is 0.237. The van der Waals surface area contributed by atoms with Crippen molar-refractivity contribution < 1.29 is 9.47 Å². The van der Waals surface area contributed by atoms with Gasteiger partial charge in [0, 0.05) is 41.3 Å². The number of pyridine rings is 1. The molecule has 0 amide bonds. The minimum atomic E-state index is 0.237. The average Bonchev–Trinajstić information content (AvgIpc) is 3.26. The van der Waals surface area contributed by atoms with Gasteiger partial charge in [-0.2, -0.15) is 0 Å². The van der Waals surface area contributed by atoms with Crippen LogP contribution in [0.25, 0.3) is 11.4 Å². The van der Waals surface area contributed by atoms with Crippen molar-refractivity contribution in [2.24, 2.45) is 0 Å². The highest BCUT2D eigenvalue weighted by Gasteiger charge is 2.18. The first-order chi connectivity index (χ1) is 12.3. The number of thioether (sulfide) groups is 1. The lowest BCUT2D eigenvalue weighted by atomic mass is 10.2. The van der Waals surface area contributed by atoms with Crippen molar-refractivity contribution >= 4 is 23.4 Å². The number of nitrogens with zero attached hydrogens (tertiary/aromatic N) is 4. The summed E-state index contributed by atoms with van der Waals surface area (Å²) in [5.74, 6) is 2.90. The van der Waals surface area contributed by atoms with Crippen LogP contribution < -0.4 is 9.47 Å². The second kappa shape index (κ2) is 6.93. The van der Waals surface area contributed by atoms with Crippen LogP contribution in [-0.4, -0.2) is 26.5 Å². The van der Waals surface area contributed by atoms with Crippen LogP contribution in [0.5, 0.6) is 11.5 Å². The van der Waals surface area contributed by atoms with E-state index in [1.165, 1.54) is 0 Å². The van der Waals surface area contributed by atoms with Gasteiger partial charge in [0.15, 0.2) is 22.5 Å². The predicted octanol–water partition coefficient (Wildman–Crippen LogP) is 4.03. The molecule has 0 spiro atoms. The summed E-state index contributed by atoms with van der Waals surface area (Å²) in [7, 11) is 0. The largest absolute Gasteiger partial charge is 0.454 e. The predicted molar refractivity (Wildman–Crippen MR) is 96.1 cm³/mol. The summed E-state index contributed by atoms with van der Waals surface area (Å²) >= 11 is 7.94. The Bertz CT molecular complexity index is 901. The Morgan fingerprint density at radius 3 is 2.84 bits per heavy atom. The van der Waals surface area contributed by atoms with Crippen molar-refractivity contribution in [3.8, 4) is 22.9 Å². The van der Waals surface area contributed by atoms with Crippen molar-refractivity contribution in [2.45, 2.75) is 24.4 Å². The fraction of sp³-hybridized carbons (Fsp3) is 0.235. The van der Waals surface area contributed by atoms with E-state index in [1.54, 1.807) is 30.2 Å². The van der Waals surface area contributed by atoms with Crippen LogP contribution in [0.2, 0.25) is 5.02 Å². The third kappa shape index (κ3) is 3.17. The van der Waals surface area contributed by atoms with E-state index in [-0.39, 0.29) is 6.79 Å². The molecule has 4 rings (SSSR count). The van der Waals surface area contributed by atoms with Crippen LogP contribution in [0.4, 0.5) is 0 Å². The molecule has 8 heteroatoms. The van der Waals surface area contributed by atoms with Gasteiger partial charge in [0.2, 0.25) is 6.79 Å². The minimum Gasteiger partial charge on any atom is -0.454 e. The van der Waals surface area contributed by atoms with Crippen LogP contribution in [0, 0.1) is 0 Å². The van der Waals surface area contributed by atoms with Crippen molar-refractivity contribution in [1.29, 1.82) is 0 Å². The summed E-state index contributed by atoms with van der Waals surface area (Å²) in [4.78, 5) is 4.15. The van der Waals surface area contributed by atoms with E-state index >= 15 is 0 Å². The van der Waals surface area contributed by atoms with Gasteiger partial charge >= 0.3 is 0 Å². The highest BCUT2D eigenvalue weighted by Crippen LogP contribution is 2.38. The van der Waals surface area contributed by atoms with Gasteiger partial charge in [0.25, 0.3) is 0 Å². The molecule has 0 unspecified atom stereocenters. The van der Waals surface area contributed by atoms with Crippen molar-refractivity contribution in [3.05, 3.63) is 47.2 Å². The Labute approximate surface area is 154 Å². The molecule has 0 bridgehead atoms. The topological polar surface area (TPSA) is 62.1 Å². The van der Waals surface area contributed by atoms with Gasteiger partial charge in [-0.3, -0.25) is 4.98 Å². The highest BCUT2D eigenvalue weighted by molar-refractivity contribution is 7.98. The first kappa shape index (κ1) is 16.2. The lowest BCUT2D eigenvalue weighted by Gasteiger charge is -2.08. The van der Waals surface area contributed by atoms with Crippen LogP contribution >= 0.6 is 23.4 Å². The SMILES string of the molecule is CCn1c(SCc2cc3c(cc2Cl)OCO3)nnc1-c1cccnc1. The van der Waals surface area contributed by atoms with Gasteiger partial charge in [-0.15, -0.1) is 10.2 Å². The van der Waals surface area contributed by atoms with Crippen molar-refractivity contribution in [3.63, 3.8) is 0 Å². The monoisotopic (exact) mass is 374 g/mol. The van der Waals surface area contributed by atoms with E-state index in [1.807, 2.05) is 18.2 Å². The van der Waals surface area contributed by atoms with Crippen LogP contribution in [-0.2, 0) is 12.3 Å². The van der Waals surface area contributed by atoms with Gasteiger partial charge in [-0.1, -0.05) is 23.4 Å². The third-order valence-corrected chi connectivity index (χ3v) is 5.22. The zero-order valence-corrected chi connectivity index (χ0v) is 15.0. The lowest BCUT2D eigenvalue weighted by molar-refractivity contribution is 0.174. The van der Waals surface area contributed by atoms with Gasteiger partial charge in [-0.25, -0.2) is 0 Å². The van der Waals surface area contributed by atoms with E-state index in [0.717, 1.165) is 34.4 Å². The quantitative estimate of drug-likeness (QED) is 0.628. The zero-order valence-electron chi connectivity index (χ0n) is 13.5. The second-order valence-electron chi connectivity index (χ2n) is 5.38. The first-order valence-electron chi connectivity index (χ1n) is 7.80. The molecule has 1 aliphatic rings. The Hall–Kier alpha value is -2.25. The molecular formula is C17H15ClN4O2S. The summed E-state index contributed by atoms with van der Waals surface area (Å²) in [5, 5.41) is 10.2. The lowest BCUT2D eigenvalue weighted by Crippen LogP contribution is -2.00. The number of ether oxygens (including phenoxy) is 2. The molecule has 3 aromatic rings.